The third-order valence-corrected chi connectivity index (χ3v) is 4.16. The Balaban J connectivity index is 2.41. The van der Waals surface area contributed by atoms with Gasteiger partial charge in [-0.15, -0.1) is 0 Å². The van der Waals surface area contributed by atoms with Crippen LogP contribution in [0.1, 0.15) is 63.6 Å². The first kappa shape index (κ1) is 13.4. The van der Waals surface area contributed by atoms with Crippen molar-refractivity contribution in [1.29, 1.82) is 0 Å². The van der Waals surface area contributed by atoms with Gasteiger partial charge in [0, 0.05) is 18.0 Å². The number of hydrogen-bond acceptors (Lipinski definition) is 2. The molecule has 0 amide bonds. The van der Waals surface area contributed by atoms with Crippen LogP contribution in [0.4, 0.5) is 0 Å². The van der Waals surface area contributed by atoms with Gasteiger partial charge in [0.25, 0.3) is 0 Å². The van der Waals surface area contributed by atoms with Crippen LogP contribution in [0.15, 0.2) is 18.2 Å². The molecule has 100 valence electrons. The number of benzene rings is 1. The predicted octanol–water partition coefficient (Wildman–Crippen LogP) is 4.02. The van der Waals surface area contributed by atoms with Crippen LogP contribution in [0.3, 0.4) is 0 Å². The van der Waals surface area contributed by atoms with E-state index >= 15 is 0 Å². The second kappa shape index (κ2) is 4.93. The number of fused-ring (bicyclic) bond motifs is 1. The molecule has 1 N–H and O–H groups in total. The quantitative estimate of drug-likeness (QED) is 0.871. The summed E-state index contributed by atoms with van der Waals surface area (Å²) in [5, 5.41) is 3.44. The van der Waals surface area contributed by atoms with Gasteiger partial charge in [0.2, 0.25) is 0 Å². The summed E-state index contributed by atoms with van der Waals surface area (Å²) in [5.41, 5.74) is 2.66. The Morgan fingerprint density at radius 1 is 1.44 bits per heavy atom. The van der Waals surface area contributed by atoms with E-state index in [2.05, 4.69) is 51.2 Å². The minimum absolute atomic E-state index is 0.0416. The van der Waals surface area contributed by atoms with E-state index in [9.17, 15) is 0 Å². The van der Waals surface area contributed by atoms with E-state index in [1.807, 2.05) is 7.05 Å². The van der Waals surface area contributed by atoms with Crippen molar-refractivity contribution in [3.8, 4) is 5.75 Å². The Morgan fingerprint density at radius 2 is 2.17 bits per heavy atom. The maximum atomic E-state index is 6.20. The van der Waals surface area contributed by atoms with Gasteiger partial charge in [0.15, 0.2) is 0 Å². The highest BCUT2D eigenvalue weighted by molar-refractivity contribution is 5.42. The average molecular weight is 247 g/mol. The normalized spacial score (nSPS) is 26.9. The summed E-state index contributed by atoms with van der Waals surface area (Å²) in [6.07, 6.45) is 2.07. The Morgan fingerprint density at radius 3 is 2.72 bits per heavy atom. The summed E-state index contributed by atoms with van der Waals surface area (Å²) in [4.78, 5) is 0. The first-order valence-electron chi connectivity index (χ1n) is 6.99. The van der Waals surface area contributed by atoms with Crippen molar-refractivity contribution in [1.82, 2.24) is 5.32 Å². The first-order chi connectivity index (χ1) is 8.49. The molecule has 2 unspecified atom stereocenters. The highest BCUT2D eigenvalue weighted by atomic mass is 16.5. The van der Waals surface area contributed by atoms with E-state index in [0.29, 0.717) is 12.0 Å². The van der Waals surface area contributed by atoms with E-state index < -0.39 is 0 Å². The summed E-state index contributed by atoms with van der Waals surface area (Å²) in [6, 6.07) is 7.04. The monoisotopic (exact) mass is 247 g/mol. The third kappa shape index (κ3) is 2.39. The zero-order valence-electron chi connectivity index (χ0n) is 12.2. The molecule has 0 saturated carbocycles. The molecule has 0 aliphatic carbocycles. The summed E-state index contributed by atoms with van der Waals surface area (Å²) in [5.74, 6) is 1.61. The van der Waals surface area contributed by atoms with E-state index in [4.69, 9.17) is 4.74 Å². The van der Waals surface area contributed by atoms with Crippen molar-refractivity contribution in [3.63, 3.8) is 0 Å². The molecule has 1 aliphatic heterocycles. The number of hydrogen-bond donors (Lipinski definition) is 1. The van der Waals surface area contributed by atoms with E-state index in [-0.39, 0.29) is 5.60 Å². The van der Waals surface area contributed by atoms with Gasteiger partial charge in [-0.25, -0.2) is 0 Å². The Labute approximate surface area is 111 Å². The highest BCUT2D eigenvalue weighted by Gasteiger charge is 2.35. The molecule has 1 aromatic carbocycles. The van der Waals surface area contributed by atoms with Gasteiger partial charge in [0.05, 0.1) is 0 Å². The van der Waals surface area contributed by atoms with Crippen LogP contribution in [0.2, 0.25) is 0 Å². The van der Waals surface area contributed by atoms with Crippen LogP contribution in [0, 0.1) is 0 Å². The van der Waals surface area contributed by atoms with Crippen molar-refractivity contribution in [2.24, 2.45) is 0 Å². The van der Waals surface area contributed by atoms with Crippen LogP contribution in [-0.4, -0.2) is 12.6 Å². The first-order valence-corrected chi connectivity index (χ1v) is 6.99. The molecule has 2 atom stereocenters. The van der Waals surface area contributed by atoms with Gasteiger partial charge < -0.3 is 10.1 Å². The van der Waals surface area contributed by atoms with Gasteiger partial charge in [-0.3, -0.25) is 0 Å². The number of nitrogens with one attached hydrogen (secondary N) is 1. The summed E-state index contributed by atoms with van der Waals surface area (Å²) >= 11 is 0. The number of rotatable bonds is 3. The fourth-order valence-electron chi connectivity index (χ4n) is 2.61. The fraction of sp³-hybridized carbons (Fsp3) is 0.625. The molecule has 0 fully saturated rings. The minimum atomic E-state index is -0.0416. The van der Waals surface area contributed by atoms with Gasteiger partial charge >= 0.3 is 0 Å². The second-order valence-corrected chi connectivity index (χ2v) is 5.90. The second-order valence-electron chi connectivity index (χ2n) is 5.90. The van der Waals surface area contributed by atoms with Gasteiger partial charge in [-0.1, -0.05) is 32.9 Å². The Bertz CT molecular complexity index is 427. The highest BCUT2D eigenvalue weighted by Crippen LogP contribution is 2.41. The molecule has 18 heavy (non-hydrogen) atoms. The molecule has 2 heteroatoms. The standard InChI is InChI=1S/C16H25NO/c1-6-16(4)10-14(17-5)13-9-12(11(2)3)7-8-15(13)18-16/h7-9,11,14,17H,6,10H2,1-5H3. The fourth-order valence-corrected chi connectivity index (χ4v) is 2.61. The van der Waals surface area contributed by atoms with Crippen molar-refractivity contribution in [2.75, 3.05) is 7.05 Å². The van der Waals surface area contributed by atoms with Crippen molar-refractivity contribution in [3.05, 3.63) is 29.3 Å². The smallest absolute Gasteiger partial charge is 0.124 e. The molecular formula is C16H25NO. The van der Waals surface area contributed by atoms with E-state index in [1.54, 1.807) is 0 Å². The van der Waals surface area contributed by atoms with Crippen molar-refractivity contribution in [2.45, 2.75) is 58.1 Å². The van der Waals surface area contributed by atoms with Gasteiger partial charge in [-0.2, -0.15) is 0 Å². The minimum Gasteiger partial charge on any atom is -0.487 e. The molecule has 0 bridgehead atoms. The Kier molecular flexibility index (Phi) is 3.67. The lowest BCUT2D eigenvalue weighted by Crippen LogP contribution is -2.40. The molecule has 0 saturated heterocycles. The molecule has 2 rings (SSSR count). The van der Waals surface area contributed by atoms with Gasteiger partial charge in [0.1, 0.15) is 11.4 Å². The number of ether oxygens (including phenoxy) is 1. The molecule has 0 spiro atoms. The molecule has 0 radical (unpaired) electrons. The van der Waals surface area contributed by atoms with E-state index in [0.717, 1.165) is 18.6 Å². The SMILES string of the molecule is CCC1(C)CC(NC)c2cc(C(C)C)ccc2O1. The molecule has 1 aromatic rings. The lowest BCUT2D eigenvalue weighted by molar-refractivity contribution is 0.0454. The third-order valence-electron chi connectivity index (χ3n) is 4.16. The largest absolute Gasteiger partial charge is 0.487 e. The van der Waals surface area contributed by atoms with Crippen molar-refractivity contribution >= 4 is 0 Å². The lowest BCUT2D eigenvalue weighted by atomic mass is 9.85. The summed E-state index contributed by atoms with van der Waals surface area (Å²) in [6.45, 7) is 8.86. The predicted molar refractivity (Wildman–Crippen MR) is 76.3 cm³/mol. The maximum Gasteiger partial charge on any atom is 0.124 e. The van der Waals surface area contributed by atoms with Crippen LogP contribution in [-0.2, 0) is 0 Å². The van der Waals surface area contributed by atoms with Gasteiger partial charge in [-0.05, 0) is 37.9 Å². The zero-order valence-corrected chi connectivity index (χ0v) is 12.2. The van der Waals surface area contributed by atoms with Crippen LogP contribution >= 0.6 is 0 Å². The van der Waals surface area contributed by atoms with E-state index in [1.165, 1.54) is 11.1 Å². The Hall–Kier alpha value is -1.02. The summed E-state index contributed by atoms with van der Waals surface area (Å²) in [7, 11) is 2.04. The van der Waals surface area contributed by atoms with Crippen LogP contribution in [0.5, 0.6) is 5.75 Å². The summed E-state index contributed by atoms with van der Waals surface area (Å²) < 4.78 is 6.20. The topological polar surface area (TPSA) is 21.3 Å². The van der Waals surface area contributed by atoms with Crippen molar-refractivity contribution < 1.29 is 4.74 Å². The molecule has 2 nitrogen and oxygen atoms in total. The molecule has 1 heterocycles. The average Bonchev–Trinajstić information content (AvgIpc) is 2.37. The van der Waals surface area contributed by atoms with Crippen LogP contribution < -0.4 is 10.1 Å². The molecule has 1 aliphatic rings. The van der Waals surface area contributed by atoms with Crippen LogP contribution in [0.25, 0.3) is 0 Å². The molecule has 0 aromatic heterocycles. The lowest BCUT2D eigenvalue weighted by Gasteiger charge is -2.39. The molecular weight excluding hydrogens is 222 g/mol. The maximum absolute atomic E-state index is 6.20. The zero-order chi connectivity index (χ0) is 13.3.